The minimum Gasteiger partial charge on any atom is -0.483 e. The molecule has 0 spiro atoms. The van der Waals surface area contributed by atoms with Crippen molar-refractivity contribution in [3.8, 4) is 0 Å². The van der Waals surface area contributed by atoms with Crippen molar-refractivity contribution in [3.05, 3.63) is 57.9 Å². The van der Waals surface area contributed by atoms with Crippen LogP contribution in [0.5, 0.6) is 0 Å². The van der Waals surface area contributed by atoms with Crippen LogP contribution >= 0.6 is 0 Å². The Morgan fingerprint density at radius 1 is 1.12 bits per heavy atom. The van der Waals surface area contributed by atoms with Crippen LogP contribution < -0.4 is 0 Å². The molecule has 25 heavy (non-hydrogen) atoms. The van der Waals surface area contributed by atoms with Crippen molar-refractivity contribution in [2.24, 2.45) is 0 Å². The van der Waals surface area contributed by atoms with E-state index in [0.717, 1.165) is 5.57 Å². The summed E-state index contributed by atoms with van der Waals surface area (Å²) in [5.41, 5.74) is 3.83. The van der Waals surface area contributed by atoms with Gasteiger partial charge in [0.25, 0.3) is 0 Å². The zero-order valence-electron chi connectivity index (χ0n) is 16.2. The summed E-state index contributed by atoms with van der Waals surface area (Å²) in [7, 11) is 0. The van der Waals surface area contributed by atoms with E-state index in [9.17, 15) is 9.59 Å². The summed E-state index contributed by atoms with van der Waals surface area (Å²) in [6, 6.07) is 0. The maximum atomic E-state index is 12.4. The molecule has 3 nitrogen and oxygen atoms in total. The molecular weight excluding hydrogens is 312 g/mol. The lowest BCUT2D eigenvalue weighted by Crippen LogP contribution is -2.36. The van der Waals surface area contributed by atoms with E-state index < -0.39 is 11.4 Å². The molecular formula is C22H28O3. The molecule has 0 aromatic rings. The number of ether oxygens (including phenoxy) is 1. The fourth-order valence-corrected chi connectivity index (χ4v) is 3.02. The van der Waals surface area contributed by atoms with Crippen LogP contribution in [0.15, 0.2) is 57.9 Å². The average molecular weight is 340 g/mol. The molecule has 0 saturated carbocycles. The highest BCUT2D eigenvalue weighted by Gasteiger charge is 2.40. The first-order valence-electron chi connectivity index (χ1n) is 8.82. The molecule has 0 aromatic carbocycles. The Bertz CT molecular complexity index is 748. The van der Waals surface area contributed by atoms with E-state index in [2.05, 4.69) is 6.08 Å². The van der Waals surface area contributed by atoms with Gasteiger partial charge in [0, 0.05) is 16.7 Å². The van der Waals surface area contributed by atoms with Crippen LogP contribution in [0.2, 0.25) is 0 Å². The van der Waals surface area contributed by atoms with E-state index in [-0.39, 0.29) is 5.78 Å². The maximum absolute atomic E-state index is 12.4. The van der Waals surface area contributed by atoms with Crippen LogP contribution in [0, 0.1) is 0 Å². The van der Waals surface area contributed by atoms with E-state index >= 15 is 0 Å². The number of Topliss-reactive ketones (excluding diaryl/α,β-unsaturated/α-hetero) is 2. The monoisotopic (exact) mass is 340 g/mol. The quantitative estimate of drug-likeness (QED) is 0.307. The lowest BCUT2D eigenvalue weighted by molar-refractivity contribution is -0.133. The van der Waals surface area contributed by atoms with Crippen molar-refractivity contribution in [1.82, 2.24) is 0 Å². The van der Waals surface area contributed by atoms with Crippen molar-refractivity contribution in [3.63, 3.8) is 0 Å². The van der Waals surface area contributed by atoms with Crippen LogP contribution in [-0.2, 0) is 14.3 Å². The first kappa shape index (κ1) is 19.2. The lowest BCUT2D eigenvalue weighted by Gasteiger charge is -2.37. The zero-order valence-corrected chi connectivity index (χ0v) is 16.2. The van der Waals surface area contributed by atoms with Crippen LogP contribution in [-0.4, -0.2) is 17.2 Å². The van der Waals surface area contributed by atoms with E-state index in [1.807, 2.05) is 52.8 Å². The van der Waals surface area contributed by atoms with Crippen LogP contribution in [0.25, 0.3) is 0 Å². The third-order valence-corrected chi connectivity index (χ3v) is 4.62. The van der Waals surface area contributed by atoms with Crippen molar-refractivity contribution in [1.29, 1.82) is 0 Å². The molecule has 1 atom stereocenters. The molecule has 0 radical (unpaired) electrons. The van der Waals surface area contributed by atoms with Crippen LogP contribution in [0.3, 0.4) is 0 Å². The fraction of sp³-hybridized carbons (Fsp3) is 0.455. The second-order valence-electron chi connectivity index (χ2n) is 7.57. The van der Waals surface area contributed by atoms with Gasteiger partial charge in [-0.05, 0) is 66.9 Å². The van der Waals surface area contributed by atoms with Crippen LogP contribution in [0.1, 0.15) is 60.8 Å². The summed E-state index contributed by atoms with van der Waals surface area (Å²) in [4.78, 5) is 24.7. The highest BCUT2D eigenvalue weighted by molar-refractivity contribution is 6.50. The summed E-state index contributed by atoms with van der Waals surface area (Å²) in [5, 5.41) is 0. The highest BCUT2D eigenvalue weighted by atomic mass is 16.5. The summed E-state index contributed by atoms with van der Waals surface area (Å²) in [6.07, 6.45) is 10.0. The normalized spacial score (nSPS) is 23.6. The zero-order chi connectivity index (χ0) is 18.8. The Balaban J connectivity index is 2.42. The molecule has 134 valence electrons. The molecule has 0 bridgehead atoms. The van der Waals surface area contributed by atoms with E-state index in [4.69, 9.17) is 4.74 Å². The highest BCUT2D eigenvalue weighted by Crippen LogP contribution is 2.41. The Kier molecular flexibility index (Phi) is 5.66. The third-order valence-electron chi connectivity index (χ3n) is 4.62. The molecule has 1 aliphatic carbocycles. The molecule has 2 rings (SSSR count). The van der Waals surface area contributed by atoms with Gasteiger partial charge in [-0.2, -0.15) is 0 Å². The Morgan fingerprint density at radius 3 is 2.40 bits per heavy atom. The summed E-state index contributed by atoms with van der Waals surface area (Å²) in [5.74, 6) is -0.165. The molecule has 0 saturated heterocycles. The molecule has 2 aliphatic rings. The first-order chi connectivity index (χ1) is 11.6. The number of allylic oxidation sites excluding steroid dienone is 8. The molecule has 1 unspecified atom stereocenters. The molecule has 0 aromatic heterocycles. The minimum atomic E-state index is -0.470. The Morgan fingerprint density at radius 2 is 1.80 bits per heavy atom. The fourth-order valence-electron chi connectivity index (χ4n) is 3.02. The van der Waals surface area contributed by atoms with E-state index in [0.29, 0.717) is 36.2 Å². The standard InChI is InChI=1S/C22H28O3/c1-14(2)8-7-12-22(6)13-11-18-20(24)19(23)16(5)17(21(18)25-22)10-9-15(3)4/h7-9,12H,10-11,13H2,1-6H3. The van der Waals surface area contributed by atoms with Gasteiger partial charge in [-0.25, -0.2) is 0 Å². The van der Waals surface area contributed by atoms with Gasteiger partial charge in [-0.1, -0.05) is 29.4 Å². The Hall–Kier alpha value is -2.16. The van der Waals surface area contributed by atoms with Gasteiger partial charge in [0.2, 0.25) is 11.6 Å². The van der Waals surface area contributed by atoms with Gasteiger partial charge in [0.15, 0.2) is 0 Å². The molecule has 1 heterocycles. The van der Waals surface area contributed by atoms with Crippen molar-refractivity contribution < 1.29 is 14.3 Å². The number of hydrogen-bond donors (Lipinski definition) is 0. The summed E-state index contributed by atoms with van der Waals surface area (Å²) in [6.45, 7) is 11.9. The molecule has 3 heteroatoms. The van der Waals surface area contributed by atoms with E-state index in [1.54, 1.807) is 6.92 Å². The smallest absolute Gasteiger partial charge is 0.232 e. The summed E-state index contributed by atoms with van der Waals surface area (Å²) >= 11 is 0. The van der Waals surface area contributed by atoms with Crippen molar-refractivity contribution in [2.45, 2.75) is 66.4 Å². The van der Waals surface area contributed by atoms with Gasteiger partial charge >= 0.3 is 0 Å². The van der Waals surface area contributed by atoms with Crippen LogP contribution in [0.4, 0.5) is 0 Å². The number of hydrogen-bond acceptors (Lipinski definition) is 3. The minimum absolute atomic E-state index is 0.386. The molecule has 0 N–H and O–H groups in total. The summed E-state index contributed by atoms with van der Waals surface area (Å²) < 4.78 is 6.30. The molecule has 0 amide bonds. The largest absolute Gasteiger partial charge is 0.483 e. The lowest BCUT2D eigenvalue weighted by atomic mass is 9.81. The topological polar surface area (TPSA) is 43.4 Å². The van der Waals surface area contributed by atoms with Crippen molar-refractivity contribution >= 4 is 11.6 Å². The van der Waals surface area contributed by atoms with Crippen molar-refractivity contribution in [2.75, 3.05) is 0 Å². The number of ketones is 2. The van der Waals surface area contributed by atoms with Gasteiger partial charge in [0.1, 0.15) is 11.4 Å². The SMILES string of the molecule is CC(C)=CC=CC1(C)CCC2=C(O1)C(CC=C(C)C)=C(C)C(=O)C2=O. The van der Waals surface area contributed by atoms with E-state index in [1.165, 1.54) is 11.1 Å². The molecule has 1 aliphatic heterocycles. The van der Waals surface area contributed by atoms with Gasteiger partial charge in [-0.15, -0.1) is 0 Å². The predicted molar refractivity (Wildman–Crippen MR) is 101 cm³/mol. The second kappa shape index (κ2) is 7.38. The first-order valence-corrected chi connectivity index (χ1v) is 8.82. The number of carbonyl (C=O) groups is 2. The third kappa shape index (κ3) is 4.28. The average Bonchev–Trinajstić information content (AvgIpc) is 2.52. The second-order valence-corrected chi connectivity index (χ2v) is 7.57. The van der Waals surface area contributed by atoms with Gasteiger partial charge < -0.3 is 4.74 Å². The maximum Gasteiger partial charge on any atom is 0.232 e. The van der Waals surface area contributed by atoms with Gasteiger partial charge in [0.05, 0.1) is 0 Å². The number of carbonyl (C=O) groups excluding carboxylic acids is 2. The number of rotatable bonds is 4. The Labute approximate surface area is 150 Å². The van der Waals surface area contributed by atoms with Gasteiger partial charge in [-0.3, -0.25) is 9.59 Å². The molecule has 0 fully saturated rings. The predicted octanol–water partition coefficient (Wildman–Crippen LogP) is 5.16.